The second-order valence-electron chi connectivity index (χ2n) is 5.33. The highest BCUT2D eigenvalue weighted by Gasteiger charge is 2.30. The molecule has 0 unspecified atom stereocenters. The number of carbonyl (C=O) groups is 1. The number of ether oxygens (including phenoxy) is 1. The maximum Gasteiger partial charge on any atom is 0.305 e. The van der Waals surface area contributed by atoms with Gasteiger partial charge >= 0.3 is 5.97 Å². The summed E-state index contributed by atoms with van der Waals surface area (Å²) in [6, 6.07) is 4.75. The lowest BCUT2D eigenvalue weighted by molar-refractivity contribution is -0.147. The van der Waals surface area contributed by atoms with Crippen LogP contribution in [0.15, 0.2) is 17.5 Å². The van der Waals surface area contributed by atoms with Gasteiger partial charge in [0.2, 0.25) is 0 Å². The summed E-state index contributed by atoms with van der Waals surface area (Å²) in [6.45, 7) is 3.49. The number of hydrogen-bond acceptors (Lipinski definition) is 5. The first kappa shape index (κ1) is 15.5. The number of hydrogen-bond donors (Lipinski definition) is 1. The van der Waals surface area contributed by atoms with Crippen LogP contribution in [-0.4, -0.2) is 41.3 Å². The van der Waals surface area contributed by atoms with E-state index in [0.717, 1.165) is 13.0 Å². The summed E-state index contributed by atoms with van der Waals surface area (Å²) in [7, 11) is 0. The maximum atomic E-state index is 11.3. The molecular weight excluding hydrogens is 274 g/mol. The zero-order valence-corrected chi connectivity index (χ0v) is 12.8. The number of esters is 1. The van der Waals surface area contributed by atoms with Crippen molar-refractivity contribution in [3.8, 4) is 0 Å². The Bertz CT molecular complexity index is 403. The van der Waals surface area contributed by atoms with E-state index in [9.17, 15) is 9.90 Å². The number of carbonyl (C=O) groups excluding carboxylic acids is 1. The van der Waals surface area contributed by atoms with E-state index in [0.29, 0.717) is 19.0 Å². The minimum absolute atomic E-state index is 0.104. The molecule has 0 aliphatic heterocycles. The molecule has 1 heterocycles. The Hall–Kier alpha value is -0.910. The van der Waals surface area contributed by atoms with Crippen molar-refractivity contribution in [3.63, 3.8) is 0 Å². The highest BCUT2D eigenvalue weighted by Crippen LogP contribution is 2.29. The molecule has 1 atom stereocenters. The molecule has 1 saturated carbocycles. The van der Waals surface area contributed by atoms with Gasteiger partial charge in [-0.15, -0.1) is 11.3 Å². The van der Waals surface area contributed by atoms with E-state index < -0.39 is 6.10 Å². The molecule has 2 rings (SSSR count). The van der Waals surface area contributed by atoms with Crippen LogP contribution in [0.1, 0.15) is 37.5 Å². The molecule has 0 spiro atoms. The summed E-state index contributed by atoms with van der Waals surface area (Å²) in [4.78, 5) is 14.9. The van der Waals surface area contributed by atoms with Crippen molar-refractivity contribution >= 4 is 17.3 Å². The molecule has 1 aromatic rings. The zero-order chi connectivity index (χ0) is 14.4. The van der Waals surface area contributed by atoms with Crippen LogP contribution in [-0.2, 0) is 16.1 Å². The fraction of sp³-hybridized carbons (Fsp3) is 0.667. The van der Waals surface area contributed by atoms with E-state index in [1.165, 1.54) is 17.7 Å². The van der Waals surface area contributed by atoms with Crippen molar-refractivity contribution in [1.29, 1.82) is 0 Å². The van der Waals surface area contributed by atoms with Crippen LogP contribution in [0, 0.1) is 0 Å². The van der Waals surface area contributed by atoms with Crippen LogP contribution in [0.2, 0.25) is 0 Å². The third kappa shape index (κ3) is 5.23. The lowest BCUT2D eigenvalue weighted by atomic mass is 10.3. The smallest absolute Gasteiger partial charge is 0.305 e. The Kier molecular flexibility index (Phi) is 6.01. The molecule has 1 aliphatic rings. The largest absolute Gasteiger partial charge is 0.463 e. The van der Waals surface area contributed by atoms with Crippen molar-refractivity contribution < 1.29 is 14.6 Å². The highest BCUT2D eigenvalue weighted by molar-refractivity contribution is 7.09. The monoisotopic (exact) mass is 297 g/mol. The molecule has 5 heteroatoms. The van der Waals surface area contributed by atoms with Crippen LogP contribution in [0.4, 0.5) is 0 Å². The molecule has 0 saturated heterocycles. The summed E-state index contributed by atoms with van der Waals surface area (Å²) < 4.78 is 5.07. The standard InChI is InChI=1S/C15H23NO3S/c1-2-4-15(18)19-11-13(17)9-16(12-6-7-12)10-14-5-3-8-20-14/h3,5,8,12-13,17H,2,4,6-7,9-11H2,1H3/t13-/m0/s1. The molecular formula is C15H23NO3S. The molecule has 0 bridgehead atoms. The molecule has 1 fully saturated rings. The van der Waals surface area contributed by atoms with Gasteiger partial charge in [0.15, 0.2) is 0 Å². The van der Waals surface area contributed by atoms with Crippen LogP contribution >= 0.6 is 11.3 Å². The minimum Gasteiger partial charge on any atom is -0.463 e. The second kappa shape index (κ2) is 7.76. The third-order valence-electron chi connectivity index (χ3n) is 3.34. The number of aliphatic hydroxyl groups is 1. The van der Waals surface area contributed by atoms with Crippen molar-refractivity contribution in [2.75, 3.05) is 13.2 Å². The minimum atomic E-state index is -0.601. The second-order valence-corrected chi connectivity index (χ2v) is 6.36. The van der Waals surface area contributed by atoms with Crippen molar-refractivity contribution in [1.82, 2.24) is 4.90 Å². The zero-order valence-electron chi connectivity index (χ0n) is 12.0. The van der Waals surface area contributed by atoms with E-state index in [4.69, 9.17) is 4.74 Å². The Balaban J connectivity index is 1.74. The molecule has 0 aromatic carbocycles. The molecule has 0 amide bonds. The SMILES string of the molecule is CCCC(=O)OC[C@@H](O)CN(Cc1cccs1)C1CC1. The fourth-order valence-corrected chi connectivity index (χ4v) is 2.90. The Labute approximate surface area is 124 Å². The Morgan fingerprint density at radius 2 is 2.40 bits per heavy atom. The predicted octanol–water partition coefficient (Wildman–Crippen LogP) is 2.42. The van der Waals surface area contributed by atoms with Gasteiger partial charge in [-0.25, -0.2) is 0 Å². The van der Waals surface area contributed by atoms with Gasteiger partial charge in [-0.2, -0.15) is 0 Å². The van der Waals surface area contributed by atoms with Gasteiger partial charge in [0.25, 0.3) is 0 Å². The average Bonchev–Trinajstić information content (AvgIpc) is 3.15. The van der Waals surface area contributed by atoms with E-state index in [-0.39, 0.29) is 12.6 Å². The Morgan fingerprint density at radius 3 is 3.00 bits per heavy atom. The summed E-state index contributed by atoms with van der Waals surface area (Å²) in [5.74, 6) is -0.220. The van der Waals surface area contributed by atoms with Crippen LogP contribution in [0.25, 0.3) is 0 Å². The van der Waals surface area contributed by atoms with Crippen LogP contribution in [0.3, 0.4) is 0 Å². The first-order valence-corrected chi connectivity index (χ1v) is 8.17. The third-order valence-corrected chi connectivity index (χ3v) is 4.20. The first-order valence-electron chi connectivity index (χ1n) is 7.29. The highest BCUT2D eigenvalue weighted by atomic mass is 32.1. The van der Waals surface area contributed by atoms with Gasteiger partial charge in [-0.3, -0.25) is 9.69 Å². The Morgan fingerprint density at radius 1 is 1.60 bits per heavy atom. The summed E-state index contributed by atoms with van der Waals surface area (Å²) in [5.41, 5.74) is 0. The number of nitrogens with zero attached hydrogens (tertiary/aromatic N) is 1. The molecule has 1 aliphatic carbocycles. The fourth-order valence-electron chi connectivity index (χ4n) is 2.17. The van der Waals surface area contributed by atoms with Gasteiger partial charge in [0, 0.05) is 30.4 Å². The number of aliphatic hydroxyl groups excluding tert-OH is 1. The van der Waals surface area contributed by atoms with Crippen LogP contribution in [0.5, 0.6) is 0 Å². The number of thiophene rings is 1. The van der Waals surface area contributed by atoms with E-state index in [1.54, 1.807) is 11.3 Å². The topological polar surface area (TPSA) is 49.8 Å². The van der Waals surface area contributed by atoms with E-state index >= 15 is 0 Å². The van der Waals surface area contributed by atoms with Crippen LogP contribution < -0.4 is 0 Å². The molecule has 112 valence electrons. The summed E-state index contributed by atoms with van der Waals surface area (Å²) >= 11 is 1.74. The van der Waals surface area contributed by atoms with Crippen molar-refractivity contribution in [2.45, 2.75) is 51.3 Å². The van der Waals surface area contributed by atoms with Gasteiger partial charge in [-0.05, 0) is 30.7 Å². The van der Waals surface area contributed by atoms with Crippen molar-refractivity contribution in [3.05, 3.63) is 22.4 Å². The summed E-state index contributed by atoms with van der Waals surface area (Å²) in [5, 5.41) is 12.1. The molecule has 0 radical (unpaired) electrons. The van der Waals surface area contributed by atoms with Gasteiger partial charge in [-0.1, -0.05) is 13.0 Å². The number of rotatable bonds is 9. The lowest BCUT2D eigenvalue weighted by Crippen LogP contribution is -2.36. The van der Waals surface area contributed by atoms with Crippen molar-refractivity contribution in [2.24, 2.45) is 0 Å². The lowest BCUT2D eigenvalue weighted by Gasteiger charge is -2.24. The maximum absolute atomic E-state index is 11.3. The molecule has 1 aromatic heterocycles. The quantitative estimate of drug-likeness (QED) is 0.711. The molecule has 1 N–H and O–H groups in total. The average molecular weight is 297 g/mol. The van der Waals surface area contributed by atoms with Gasteiger partial charge in [0.05, 0.1) is 0 Å². The summed E-state index contributed by atoms with van der Waals surface area (Å²) in [6.07, 6.45) is 3.01. The molecule has 20 heavy (non-hydrogen) atoms. The van der Waals surface area contributed by atoms with Gasteiger partial charge < -0.3 is 9.84 Å². The molecule has 4 nitrogen and oxygen atoms in total. The predicted molar refractivity (Wildman–Crippen MR) is 79.6 cm³/mol. The van der Waals surface area contributed by atoms with E-state index in [1.807, 2.05) is 13.0 Å². The van der Waals surface area contributed by atoms with E-state index in [2.05, 4.69) is 16.3 Å². The normalized spacial score (nSPS) is 16.4. The first-order chi connectivity index (χ1) is 9.69. The van der Waals surface area contributed by atoms with Gasteiger partial charge in [0.1, 0.15) is 12.7 Å².